The van der Waals surface area contributed by atoms with E-state index in [0.717, 1.165) is 11.1 Å². The molecule has 2 N–H and O–H groups in total. The van der Waals surface area contributed by atoms with E-state index in [-0.39, 0.29) is 0 Å². The van der Waals surface area contributed by atoms with E-state index in [2.05, 4.69) is 15.8 Å². The Balaban J connectivity index is 1.90. The number of nitrogens with zero attached hydrogens (tertiary/aromatic N) is 1. The third kappa shape index (κ3) is 4.43. The van der Waals surface area contributed by atoms with Crippen LogP contribution in [0.2, 0.25) is 5.02 Å². The molecule has 0 radical (unpaired) electrons. The zero-order valence-corrected chi connectivity index (χ0v) is 12.6. The van der Waals surface area contributed by atoms with E-state index < -0.39 is 11.8 Å². The molecule has 2 amide bonds. The van der Waals surface area contributed by atoms with E-state index >= 15 is 0 Å². The Morgan fingerprint density at radius 1 is 1.09 bits per heavy atom. The van der Waals surface area contributed by atoms with Gasteiger partial charge < -0.3 is 5.32 Å². The van der Waals surface area contributed by atoms with E-state index in [4.69, 9.17) is 11.6 Å². The van der Waals surface area contributed by atoms with Crippen molar-refractivity contribution in [2.24, 2.45) is 5.10 Å². The maximum atomic E-state index is 11.7. The second-order valence-corrected chi connectivity index (χ2v) is 4.94. The zero-order valence-electron chi connectivity index (χ0n) is 11.8. The number of hydrazone groups is 1. The SMILES string of the molecule is Cc1ccc(NC(=O)C(=O)N/N=C/c2ccccc2)cc1Cl. The molecule has 0 saturated carbocycles. The molecule has 2 rings (SSSR count). The van der Waals surface area contributed by atoms with Crippen LogP contribution in [0.1, 0.15) is 11.1 Å². The van der Waals surface area contributed by atoms with Crippen molar-refractivity contribution in [2.45, 2.75) is 6.92 Å². The number of hydrogen-bond donors (Lipinski definition) is 2. The monoisotopic (exact) mass is 315 g/mol. The van der Waals surface area contributed by atoms with Gasteiger partial charge in [-0.25, -0.2) is 5.43 Å². The molecule has 0 spiro atoms. The highest BCUT2D eigenvalue weighted by Crippen LogP contribution is 2.19. The van der Waals surface area contributed by atoms with E-state index in [9.17, 15) is 9.59 Å². The lowest BCUT2D eigenvalue weighted by Crippen LogP contribution is -2.32. The number of benzene rings is 2. The standard InChI is InChI=1S/C16H14ClN3O2/c1-11-7-8-13(9-14(11)17)19-15(21)16(22)20-18-10-12-5-3-2-4-6-12/h2-10H,1H3,(H,19,21)(H,20,22)/b18-10+. The summed E-state index contributed by atoms with van der Waals surface area (Å²) < 4.78 is 0. The zero-order chi connectivity index (χ0) is 15.9. The number of carbonyl (C=O) groups excluding carboxylic acids is 2. The molecule has 2 aromatic carbocycles. The van der Waals surface area contributed by atoms with Crippen LogP contribution in [0.25, 0.3) is 0 Å². The molecule has 0 fully saturated rings. The molecule has 0 heterocycles. The summed E-state index contributed by atoms with van der Waals surface area (Å²) in [4.78, 5) is 23.3. The molecule has 2 aromatic rings. The van der Waals surface area contributed by atoms with Gasteiger partial charge in [0.25, 0.3) is 0 Å². The van der Waals surface area contributed by atoms with Gasteiger partial charge in [0, 0.05) is 10.7 Å². The van der Waals surface area contributed by atoms with Crippen LogP contribution in [-0.2, 0) is 9.59 Å². The van der Waals surface area contributed by atoms with Crippen molar-refractivity contribution in [1.82, 2.24) is 5.43 Å². The first-order chi connectivity index (χ1) is 10.6. The van der Waals surface area contributed by atoms with Gasteiger partial charge in [-0.15, -0.1) is 0 Å². The van der Waals surface area contributed by atoms with Crippen LogP contribution in [0.4, 0.5) is 5.69 Å². The van der Waals surface area contributed by atoms with Crippen molar-refractivity contribution >= 4 is 35.3 Å². The van der Waals surface area contributed by atoms with E-state index in [1.807, 2.05) is 37.3 Å². The molecule has 0 atom stereocenters. The largest absolute Gasteiger partial charge is 0.329 e. The van der Waals surface area contributed by atoms with Gasteiger partial charge in [-0.05, 0) is 30.2 Å². The molecule has 112 valence electrons. The van der Waals surface area contributed by atoms with E-state index in [1.54, 1.807) is 18.2 Å². The van der Waals surface area contributed by atoms with Crippen LogP contribution in [0.3, 0.4) is 0 Å². The fourth-order valence-corrected chi connectivity index (χ4v) is 1.79. The number of carbonyl (C=O) groups is 2. The molecule has 0 aromatic heterocycles. The van der Waals surface area contributed by atoms with Crippen molar-refractivity contribution in [3.05, 3.63) is 64.7 Å². The van der Waals surface area contributed by atoms with Gasteiger partial charge in [-0.3, -0.25) is 9.59 Å². The lowest BCUT2D eigenvalue weighted by atomic mass is 10.2. The minimum atomic E-state index is -0.858. The summed E-state index contributed by atoms with van der Waals surface area (Å²) >= 11 is 5.95. The molecular weight excluding hydrogens is 302 g/mol. The van der Waals surface area contributed by atoms with Crippen LogP contribution >= 0.6 is 11.6 Å². The number of rotatable bonds is 3. The first-order valence-corrected chi connectivity index (χ1v) is 6.89. The summed E-state index contributed by atoms with van der Waals surface area (Å²) in [5.41, 5.74) is 4.31. The van der Waals surface area contributed by atoms with Crippen LogP contribution in [0, 0.1) is 6.92 Å². The minimum Gasteiger partial charge on any atom is -0.318 e. The fraction of sp³-hybridized carbons (Fsp3) is 0.0625. The lowest BCUT2D eigenvalue weighted by molar-refractivity contribution is -0.136. The summed E-state index contributed by atoms with van der Waals surface area (Å²) in [6, 6.07) is 14.2. The normalized spacial score (nSPS) is 10.5. The molecule has 0 aliphatic carbocycles. The Morgan fingerprint density at radius 3 is 2.50 bits per heavy atom. The molecule has 0 saturated heterocycles. The number of nitrogens with one attached hydrogen (secondary N) is 2. The Labute approximate surface area is 133 Å². The molecule has 0 bridgehead atoms. The number of amides is 2. The summed E-state index contributed by atoms with van der Waals surface area (Å²) in [7, 11) is 0. The Hall–Kier alpha value is -2.66. The van der Waals surface area contributed by atoms with Crippen molar-refractivity contribution in [3.8, 4) is 0 Å². The highest BCUT2D eigenvalue weighted by Gasteiger charge is 2.13. The van der Waals surface area contributed by atoms with Crippen molar-refractivity contribution < 1.29 is 9.59 Å². The maximum Gasteiger partial charge on any atom is 0.329 e. The molecule has 0 aliphatic rings. The quantitative estimate of drug-likeness (QED) is 0.519. The predicted octanol–water partition coefficient (Wildman–Crippen LogP) is 2.74. The number of anilines is 1. The predicted molar refractivity (Wildman–Crippen MR) is 87.0 cm³/mol. The molecule has 0 unspecified atom stereocenters. The average molecular weight is 316 g/mol. The number of hydrogen-bond acceptors (Lipinski definition) is 3. The third-order valence-corrected chi connectivity index (χ3v) is 3.22. The van der Waals surface area contributed by atoms with Gasteiger partial charge in [0.05, 0.1) is 6.21 Å². The molecule has 5 nitrogen and oxygen atoms in total. The lowest BCUT2D eigenvalue weighted by Gasteiger charge is -2.05. The van der Waals surface area contributed by atoms with Crippen molar-refractivity contribution in [3.63, 3.8) is 0 Å². The summed E-state index contributed by atoms with van der Waals surface area (Å²) in [5.74, 6) is -1.67. The van der Waals surface area contributed by atoms with E-state index in [0.29, 0.717) is 10.7 Å². The van der Waals surface area contributed by atoms with Gasteiger partial charge in [-0.1, -0.05) is 48.0 Å². The van der Waals surface area contributed by atoms with Gasteiger partial charge >= 0.3 is 11.8 Å². The molecular formula is C16H14ClN3O2. The topological polar surface area (TPSA) is 70.6 Å². The van der Waals surface area contributed by atoms with Crippen LogP contribution in [0.15, 0.2) is 53.6 Å². The highest BCUT2D eigenvalue weighted by molar-refractivity contribution is 6.39. The van der Waals surface area contributed by atoms with Gasteiger partial charge in [0.2, 0.25) is 0 Å². The molecule has 22 heavy (non-hydrogen) atoms. The Kier molecular flexibility index (Phi) is 5.27. The van der Waals surface area contributed by atoms with Crippen LogP contribution in [0.5, 0.6) is 0 Å². The van der Waals surface area contributed by atoms with Crippen LogP contribution < -0.4 is 10.7 Å². The van der Waals surface area contributed by atoms with Gasteiger partial charge in [-0.2, -0.15) is 5.10 Å². The fourth-order valence-electron chi connectivity index (χ4n) is 1.61. The first-order valence-electron chi connectivity index (χ1n) is 6.52. The first kappa shape index (κ1) is 15.7. The van der Waals surface area contributed by atoms with Crippen LogP contribution in [-0.4, -0.2) is 18.0 Å². The molecule has 0 aliphatic heterocycles. The third-order valence-electron chi connectivity index (χ3n) is 2.82. The van der Waals surface area contributed by atoms with Crippen molar-refractivity contribution in [2.75, 3.05) is 5.32 Å². The second kappa shape index (κ2) is 7.38. The Morgan fingerprint density at radius 2 is 1.82 bits per heavy atom. The average Bonchev–Trinajstić information content (AvgIpc) is 2.52. The van der Waals surface area contributed by atoms with Crippen molar-refractivity contribution in [1.29, 1.82) is 0 Å². The summed E-state index contributed by atoms with van der Waals surface area (Å²) in [6.45, 7) is 1.85. The smallest absolute Gasteiger partial charge is 0.318 e. The van der Waals surface area contributed by atoms with Gasteiger partial charge in [0.1, 0.15) is 0 Å². The van der Waals surface area contributed by atoms with Gasteiger partial charge in [0.15, 0.2) is 0 Å². The maximum absolute atomic E-state index is 11.7. The molecule has 6 heteroatoms. The Bertz CT molecular complexity index is 715. The van der Waals surface area contributed by atoms with E-state index in [1.165, 1.54) is 6.21 Å². The summed E-state index contributed by atoms with van der Waals surface area (Å²) in [6.07, 6.45) is 1.45. The highest BCUT2D eigenvalue weighted by atomic mass is 35.5. The number of aryl methyl sites for hydroxylation is 1. The second-order valence-electron chi connectivity index (χ2n) is 4.53. The summed E-state index contributed by atoms with van der Waals surface area (Å²) in [5, 5.41) is 6.69. The number of halogens is 1. The minimum absolute atomic E-state index is 0.447.